The van der Waals surface area contributed by atoms with Crippen molar-refractivity contribution < 1.29 is 14.6 Å². The highest BCUT2D eigenvalue weighted by Crippen LogP contribution is 2.42. The van der Waals surface area contributed by atoms with Gasteiger partial charge in [0.15, 0.2) is 17.1 Å². The van der Waals surface area contributed by atoms with E-state index < -0.39 is 5.60 Å². The highest BCUT2D eigenvalue weighted by Gasteiger charge is 2.37. The van der Waals surface area contributed by atoms with Crippen molar-refractivity contribution in [3.05, 3.63) is 101 Å². The normalized spacial score (nSPS) is 13.1. The molecule has 0 spiro atoms. The van der Waals surface area contributed by atoms with Gasteiger partial charge in [-0.25, -0.2) is 0 Å². The Kier molecular flexibility index (Phi) is 5.18. The molecular formula is C26H25NO3. The summed E-state index contributed by atoms with van der Waals surface area (Å²) in [6.07, 6.45) is 1.72. The lowest BCUT2D eigenvalue weighted by molar-refractivity contribution is 0.122. The molecule has 0 amide bonds. The summed E-state index contributed by atoms with van der Waals surface area (Å²) in [4.78, 5) is 4.67. The van der Waals surface area contributed by atoms with E-state index in [0.717, 1.165) is 27.5 Å². The highest BCUT2D eigenvalue weighted by molar-refractivity contribution is 5.89. The van der Waals surface area contributed by atoms with Crippen LogP contribution in [-0.2, 0) is 5.60 Å². The monoisotopic (exact) mass is 399 g/mol. The smallest absolute Gasteiger partial charge is 0.161 e. The minimum atomic E-state index is -1.43. The second kappa shape index (κ2) is 7.81. The summed E-state index contributed by atoms with van der Waals surface area (Å²) in [5.74, 6) is 1.23. The second-order valence-corrected chi connectivity index (χ2v) is 7.46. The Morgan fingerprint density at radius 3 is 2.13 bits per heavy atom. The van der Waals surface area contributed by atoms with Gasteiger partial charge >= 0.3 is 0 Å². The Labute approximate surface area is 176 Å². The molecular weight excluding hydrogens is 374 g/mol. The molecule has 1 atom stereocenters. The summed E-state index contributed by atoms with van der Waals surface area (Å²) in [6.45, 7) is 4.11. The van der Waals surface area contributed by atoms with E-state index in [9.17, 15) is 5.11 Å². The van der Waals surface area contributed by atoms with E-state index in [1.165, 1.54) is 5.56 Å². The lowest BCUT2D eigenvalue weighted by Crippen LogP contribution is -2.30. The van der Waals surface area contributed by atoms with Gasteiger partial charge in [0.1, 0.15) is 0 Å². The molecule has 1 heterocycles. The zero-order chi connectivity index (χ0) is 21.3. The van der Waals surface area contributed by atoms with E-state index in [0.29, 0.717) is 17.2 Å². The fourth-order valence-corrected chi connectivity index (χ4v) is 3.87. The number of aryl methyl sites for hydroxylation is 2. The van der Waals surface area contributed by atoms with Gasteiger partial charge in [-0.1, -0.05) is 48.5 Å². The molecule has 3 aromatic carbocycles. The lowest BCUT2D eigenvalue weighted by atomic mass is 9.80. The van der Waals surface area contributed by atoms with E-state index in [2.05, 4.69) is 18.8 Å². The van der Waals surface area contributed by atoms with Gasteiger partial charge in [0.2, 0.25) is 0 Å². The van der Waals surface area contributed by atoms with E-state index in [4.69, 9.17) is 9.47 Å². The number of benzene rings is 3. The number of rotatable bonds is 5. The summed E-state index contributed by atoms with van der Waals surface area (Å²) < 4.78 is 11.0. The molecule has 30 heavy (non-hydrogen) atoms. The molecule has 0 saturated carbocycles. The van der Waals surface area contributed by atoms with E-state index in [1.807, 2.05) is 66.7 Å². The van der Waals surface area contributed by atoms with Gasteiger partial charge in [-0.15, -0.1) is 0 Å². The van der Waals surface area contributed by atoms with Crippen molar-refractivity contribution in [1.29, 1.82) is 0 Å². The van der Waals surface area contributed by atoms with Gasteiger partial charge < -0.3 is 14.6 Å². The number of ether oxygens (including phenoxy) is 2. The molecule has 0 fully saturated rings. The first-order chi connectivity index (χ1) is 14.5. The third kappa shape index (κ3) is 3.19. The fourth-order valence-electron chi connectivity index (χ4n) is 3.87. The summed E-state index contributed by atoms with van der Waals surface area (Å²) in [5, 5.41) is 14.0. The van der Waals surface area contributed by atoms with E-state index >= 15 is 0 Å². The lowest BCUT2D eigenvalue weighted by Gasteiger charge is -2.30. The van der Waals surface area contributed by atoms with Crippen LogP contribution in [0.15, 0.2) is 72.9 Å². The van der Waals surface area contributed by atoms with Gasteiger partial charge in [0, 0.05) is 11.6 Å². The molecule has 4 rings (SSSR count). The van der Waals surface area contributed by atoms with Crippen LogP contribution in [-0.4, -0.2) is 24.3 Å². The van der Waals surface area contributed by atoms with Crippen molar-refractivity contribution in [2.24, 2.45) is 0 Å². The maximum Gasteiger partial charge on any atom is 0.161 e. The average Bonchev–Trinajstić information content (AvgIpc) is 2.79. The predicted molar refractivity (Wildman–Crippen MR) is 119 cm³/mol. The quantitative estimate of drug-likeness (QED) is 0.504. The largest absolute Gasteiger partial charge is 0.493 e. The molecule has 4 aromatic rings. The Bertz CT molecular complexity index is 1200. The van der Waals surface area contributed by atoms with Crippen molar-refractivity contribution in [1.82, 2.24) is 4.98 Å². The Hall–Kier alpha value is -3.37. The first-order valence-electron chi connectivity index (χ1n) is 9.86. The standard InChI is InChI=1S/C26H25NO3/c1-17-10-11-21(14-18(17)2)26(28,20-8-6-5-7-9-20)25-22-16-24(30-4)23(29-3)15-19(22)12-13-27-25/h5-16,28H,1-4H3. The van der Waals surface area contributed by atoms with Crippen LogP contribution < -0.4 is 9.47 Å². The zero-order valence-electron chi connectivity index (χ0n) is 17.6. The van der Waals surface area contributed by atoms with Crippen molar-refractivity contribution >= 4 is 10.8 Å². The zero-order valence-corrected chi connectivity index (χ0v) is 17.6. The molecule has 0 aliphatic rings. The number of pyridine rings is 1. The van der Waals surface area contributed by atoms with E-state index in [1.54, 1.807) is 20.4 Å². The number of methoxy groups -OCH3 is 2. The summed E-state index contributed by atoms with van der Waals surface area (Å²) in [5.41, 5.74) is 2.93. The molecule has 1 aromatic heterocycles. The molecule has 0 aliphatic carbocycles. The Morgan fingerprint density at radius 2 is 1.47 bits per heavy atom. The molecule has 0 aliphatic heterocycles. The van der Waals surface area contributed by atoms with Crippen LogP contribution in [0.5, 0.6) is 11.5 Å². The first kappa shape index (κ1) is 19.9. The number of nitrogens with zero attached hydrogens (tertiary/aromatic N) is 1. The van der Waals surface area contributed by atoms with Crippen LogP contribution in [0.2, 0.25) is 0 Å². The minimum absolute atomic E-state index is 0.551. The summed E-state index contributed by atoms with van der Waals surface area (Å²) in [6, 6.07) is 21.4. The summed E-state index contributed by atoms with van der Waals surface area (Å²) >= 11 is 0. The maximum atomic E-state index is 12.3. The SMILES string of the molecule is COc1cc2ccnc(C(O)(c3ccccc3)c3ccc(C)c(C)c3)c2cc1OC. The molecule has 4 heteroatoms. The molecule has 1 unspecified atom stereocenters. The number of hydrogen-bond acceptors (Lipinski definition) is 4. The molecule has 0 radical (unpaired) electrons. The van der Waals surface area contributed by atoms with Crippen molar-refractivity contribution in [3.8, 4) is 11.5 Å². The highest BCUT2D eigenvalue weighted by atomic mass is 16.5. The first-order valence-corrected chi connectivity index (χ1v) is 9.86. The fraction of sp³-hybridized carbons (Fsp3) is 0.192. The topological polar surface area (TPSA) is 51.6 Å². The maximum absolute atomic E-state index is 12.3. The van der Waals surface area contributed by atoms with Gasteiger partial charge in [0.25, 0.3) is 0 Å². The number of hydrogen-bond donors (Lipinski definition) is 1. The van der Waals surface area contributed by atoms with Crippen LogP contribution in [0.3, 0.4) is 0 Å². The Morgan fingerprint density at radius 1 is 0.767 bits per heavy atom. The van der Waals surface area contributed by atoms with Crippen molar-refractivity contribution in [2.45, 2.75) is 19.4 Å². The Balaban J connectivity index is 2.07. The third-order valence-electron chi connectivity index (χ3n) is 5.73. The van der Waals surface area contributed by atoms with Crippen LogP contribution >= 0.6 is 0 Å². The summed E-state index contributed by atoms with van der Waals surface area (Å²) in [7, 11) is 3.22. The van der Waals surface area contributed by atoms with Gasteiger partial charge in [-0.3, -0.25) is 4.98 Å². The molecule has 1 N–H and O–H groups in total. The van der Waals surface area contributed by atoms with Crippen molar-refractivity contribution in [3.63, 3.8) is 0 Å². The third-order valence-corrected chi connectivity index (χ3v) is 5.73. The van der Waals surface area contributed by atoms with Crippen LogP contribution in [0.25, 0.3) is 10.8 Å². The minimum Gasteiger partial charge on any atom is -0.493 e. The van der Waals surface area contributed by atoms with Crippen molar-refractivity contribution in [2.75, 3.05) is 14.2 Å². The van der Waals surface area contributed by atoms with Crippen LogP contribution in [0.1, 0.15) is 27.9 Å². The van der Waals surface area contributed by atoms with Gasteiger partial charge in [-0.05, 0) is 59.7 Å². The van der Waals surface area contributed by atoms with Gasteiger partial charge in [-0.2, -0.15) is 0 Å². The number of aromatic nitrogens is 1. The van der Waals surface area contributed by atoms with Crippen LogP contribution in [0, 0.1) is 13.8 Å². The molecule has 0 saturated heterocycles. The van der Waals surface area contributed by atoms with Gasteiger partial charge in [0.05, 0.1) is 19.9 Å². The predicted octanol–water partition coefficient (Wildman–Crippen LogP) is 5.15. The molecule has 0 bridgehead atoms. The second-order valence-electron chi connectivity index (χ2n) is 7.46. The molecule has 4 nitrogen and oxygen atoms in total. The number of aliphatic hydroxyl groups is 1. The van der Waals surface area contributed by atoms with Crippen LogP contribution in [0.4, 0.5) is 0 Å². The average molecular weight is 399 g/mol. The number of fused-ring (bicyclic) bond motifs is 1. The van der Waals surface area contributed by atoms with E-state index in [-0.39, 0.29) is 0 Å². The molecule has 152 valence electrons.